The molecule has 0 aliphatic heterocycles. The lowest BCUT2D eigenvalue weighted by molar-refractivity contribution is -0.136. The number of hydrogen-bond acceptors (Lipinski definition) is 4. The number of aromatic nitrogens is 1. The van der Waals surface area contributed by atoms with Gasteiger partial charge < -0.3 is 9.52 Å². The molecule has 0 amide bonds. The summed E-state index contributed by atoms with van der Waals surface area (Å²) < 4.78 is 5.19. The Hall–Kier alpha value is -1.62. The third-order valence-corrected chi connectivity index (χ3v) is 3.11. The van der Waals surface area contributed by atoms with Crippen LogP contribution >= 0.6 is 11.3 Å². The minimum absolute atomic E-state index is 0.0181. The van der Waals surface area contributed by atoms with Crippen LogP contribution in [0.3, 0.4) is 0 Å². The molecule has 0 aliphatic rings. The van der Waals surface area contributed by atoms with Gasteiger partial charge in [-0.15, -0.1) is 11.3 Å². The molecular weight excluding hydrogens is 214 g/mol. The number of nitrogens with zero attached hydrogens (tertiary/aromatic N) is 1. The second-order valence-corrected chi connectivity index (χ2v) is 4.16. The maximum Gasteiger partial charge on any atom is 0.308 e. The van der Waals surface area contributed by atoms with Gasteiger partial charge in [0.15, 0.2) is 10.8 Å². The summed E-state index contributed by atoms with van der Waals surface area (Å²) in [7, 11) is 0. The highest BCUT2D eigenvalue weighted by Gasteiger charge is 2.13. The molecule has 0 fully saturated rings. The van der Waals surface area contributed by atoms with Crippen molar-refractivity contribution in [1.29, 1.82) is 0 Å². The molecule has 2 rings (SSSR count). The fourth-order valence-electron chi connectivity index (χ4n) is 1.24. The van der Waals surface area contributed by atoms with Gasteiger partial charge in [-0.3, -0.25) is 4.79 Å². The zero-order valence-electron chi connectivity index (χ0n) is 8.06. The van der Waals surface area contributed by atoms with E-state index in [-0.39, 0.29) is 6.42 Å². The Morgan fingerprint density at radius 3 is 3.07 bits per heavy atom. The van der Waals surface area contributed by atoms with E-state index in [9.17, 15) is 4.79 Å². The molecule has 78 valence electrons. The van der Waals surface area contributed by atoms with E-state index in [2.05, 4.69) is 4.98 Å². The van der Waals surface area contributed by atoms with E-state index in [1.165, 1.54) is 11.3 Å². The van der Waals surface area contributed by atoms with Crippen LogP contribution in [0.4, 0.5) is 0 Å². The highest BCUT2D eigenvalue weighted by atomic mass is 32.1. The van der Waals surface area contributed by atoms with Crippen molar-refractivity contribution in [2.24, 2.45) is 0 Å². The molecule has 2 heterocycles. The Kier molecular flexibility index (Phi) is 2.55. The van der Waals surface area contributed by atoms with Gasteiger partial charge in [0.25, 0.3) is 0 Å². The SMILES string of the molecule is Cc1nc(-c2ccco2)sc1CC(=O)O. The average Bonchev–Trinajstić information content (AvgIpc) is 2.75. The first kappa shape index (κ1) is 9.92. The minimum Gasteiger partial charge on any atom is -0.481 e. The monoisotopic (exact) mass is 223 g/mol. The summed E-state index contributed by atoms with van der Waals surface area (Å²) in [4.78, 5) is 15.6. The van der Waals surface area contributed by atoms with Gasteiger partial charge >= 0.3 is 5.97 Å². The van der Waals surface area contributed by atoms with Crippen LogP contribution in [-0.2, 0) is 11.2 Å². The van der Waals surface area contributed by atoms with Crippen molar-refractivity contribution < 1.29 is 14.3 Å². The lowest BCUT2D eigenvalue weighted by Gasteiger charge is -1.89. The molecule has 1 N–H and O–H groups in total. The molecule has 4 nitrogen and oxygen atoms in total. The van der Waals surface area contributed by atoms with E-state index in [0.717, 1.165) is 15.6 Å². The van der Waals surface area contributed by atoms with E-state index in [4.69, 9.17) is 9.52 Å². The first-order valence-electron chi connectivity index (χ1n) is 4.39. The first-order valence-corrected chi connectivity index (χ1v) is 5.20. The maximum absolute atomic E-state index is 10.6. The summed E-state index contributed by atoms with van der Waals surface area (Å²) in [5.74, 6) is -0.160. The predicted octanol–water partition coefficient (Wildman–Crippen LogP) is 2.34. The molecule has 0 saturated heterocycles. The molecule has 5 heteroatoms. The predicted molar refractivity (Wildman–Crippen MR) is 55.9 cm³/mol. The van der Waals surface area contributed by atoms with Crippen molar-refractivity contribution in [2.45, 2.75) is 13.3 Å². The number of hydrogen-bond donors (Lipinski definition) is 1. The van der Waals surface area contributed by atoms with Crippen molar-refractivity contribution >= 4 is 17.3 Å². The fourth-order valence-corrected chi connectivity index (χ4v) is 2.26. The molecule has 0 radical (unpaired) electrons. The summed E-state index contributed by atoms with van der Waals surface area (Å²) >= 11 is 1.36. The van der Waals surface area contributed by atoms with Crippen LogP contribution in [0.25, 0.3) is 10.8 Å². The van der Waals surface area contributed by atoms with Crippen molar-refractivity contribution in [3.8, 4) is 10.8 Å². The van der Waals surface area contributed by atoms with Crippen LogP contribution in [0, 0.1) is 6.92 Å². The lowest BCUT2D eigenvalue weighted by atomic mass is 10.3. The molecule has 0 unspecified atom stereocenters. The highest BCUT2D eigenvalue weighted by Crippen LogP contribution is 2.28. The molecule has 0 bridgehead atoms. The lowest BCUT2D eigenvalue weighted by Crippen LogP contribution is -1.99. The van der Waals surface area contributed by atoms with Gasteiger partial charge in [0.2, 0.25) is 0 Å². The van der Waals surface area contributed by atoms with Gasteiger partial charge in [0, 0.05) is 4.88 Å². The zero-order valence-corrected chi connectivity index (χ0v) is 8.87. The third kappa shape index (κ3) is 2.07. The van der Waals surface area contributed by atoms with Gasteiger partial charge in [0.05, 0.1) is 18.4 Å². The molecule has 2 aromatic heterocycles. The Morgan fingerprint density at radius 2 is 2.47 bits per heavy atom. The molecule has 0 saturated carbocycles. The van der Waals surface area contributed by atoms with Crippen LogP contribution in [0.2, 0.25) is 0 Å². The number of aryl methyl sites for hydroxylation is 1. The molecular formula is C10H9NO3S. The summed E-state index contributed by atoms with van der Waals surface area (Å²) in [6.45, 7) is 1.81. The van der Waals surface area contributed by atoms with Crippen LogP contribution in [0.15, 0.2) is 22.8 Å². The molecule has 0 aliphatic carbocycles. The number of aliphatic carboxylic acids is 1. The van der Waals surface area contributed by atoms with Crippen molar-refractivity contribution in [1.82, 2.24) is 4.98 Å². The van der Waals surface area contributed by atoms with E-state index in [0.29, 0.717) is 5.76 Å². The number of furan rings is 1. The Bertz CT molecular complexity index is 473. The Labute approximate surface area is 90.2 Å². The quantitative estimate of drug-likeness (QED) is 0.867. The highest BCUT2D eigenvalue weighted by molar-refractivity contribution is 7.15. The number of rotatable bonds is 3. The zero-order chi connectivity index (χ0) is 10.8. The molecule has 15 heavy (non-hydrogen) atoms. The summed E-state index contributed by atoms with van der Waals surface area (Å²) in [5, 5.41) is 9.42. The van der Waals surface area contributed by atoms with Gasteiger partial charge in [-0.25, -0.2) is 4.98 Å². The van der Waals surface area contributed by atoms with Crippen LogP contribution in [0.5, 0.6) is 0 Å². The van der Waals surface area contributed by atoms with E-state index in [1.807, 2.05) is 6.07 Å². The molecule has 0 spiro atoms. The van der Waals surface area contributed by atoms with Gasteiger partial charge in [-0.05, 0) is 19.1 Å². The van der Waals surface area contributed by atoms with Gasteiger partial charge in [0.1, 0.15) is 0 Å². The minimum atomic E-state index is -0.840. The first-order chi connectivity index (χ1) is 7.16. The van der Waals surface area contributed by atoms with Gasteiger partial charge in [-0.2, -0.15) is 0 Å². The van der Waals surface area contributed by atoms with Crippen molar-refractivity contribution in [2.75, 3.05) is 0 Å². The third-order valence-electron chi connectivity index (χ3n) is 1.94. The largest absolute Gasteiger partial charge is 0.481 e. The van der Waals surface area contributed by atoms with E-state index < -0.39 is 5.97 Å². The normalized spacial score (nSPS) is 10.5. The number of carboxylic acids is 1. The number of carboxylic acid groups (broad SMARTS) is 1. The number of thiazole rings is 1. The Morgan fingerprint density at radius 1 is 1.67 bits per heavy atom. The summed E-state index contributed by atoms with van der Waals surface area (Å²) in [6, 6.07) is 3.59. The topological polar surface area (TPSA) is 63.3 Å². The smallest absolute Gasteiger partial charge is 0.308 e. The van der Waals surface area contributed by atoms with E-state index in [1.54, 1.807) is 19.3 Å². The van der Waals surface area contributed by atoms with Crippen molar-refractivity contribution in [3.05, 3.63) is 29.0 Å². The van der Waals surface area contributed by atoms with Crippen LogP contribution in [0.1, 0.15) is 10.6 Å². The van der Waals surface area contributed by atoms with Crippen LogP contribution in [-0.4, -0.2) is 16.1 Å². The standard InChI is InChI=1S/C10H9NO3S/c1-6-8(5-9(12)13)15-10(11-6)7-3-2-4-14-7/h2-4H,5H2,1H3,(H,12,13). The Balaban J connectivity index is 2.33. The van der Waals surface area contributed by atoms with Crippen LogP contribution < -0.4 is 0 Å². The molecule has 0 aromatic carbocycles. The van der Waals surface area contributed by atoms with Gasteiger partial charge in [-0.1, -0.05) is 0 Å². The van der Waals surface area contributed by atoms with E-state index >= 15 is 0 Å². The average molecular weight is 223 g/mol. The second kappa shape index (κ2) is 3.86. The number of carbonyl (C=O) groups is 1. The summed E-state index contributed by atoms with van der Waals surface area (Å²) in [6.07, 6.45) is 1.59. The maximum atomic E-state index is 10.6. The molecule has 2 aromatic rings. The van der Waals surface area contributed by atoms with Crippen molar-refractivity contribution in [3.63, 3.8) is 0 Å². The molecule has 0 atom stereocenters. The summed E-state index contributed by atoms with van der Waals surface area (Å²) in [5.41, 5.74) is 0.758. The fraction of sp³-hybridized carbons (Fsp3) is 0.200. The second-order valence-electron chi connectivity index (χ2n) is 3.08.